The van der Waals surface area contributed by atoms with Crippen LogP contribution in [0, 0.1) is 6.92 Å². The van der Waals surface area contributed by atoms with E-state index in [1.807, 2.05) is 29.2 Å². The number of hydrogen-bond acceptors (Lipinski definition) is 4. The highest BCUT2D eigenvalue weighted by Crippen LogP contribution is 2.30. The van der Waals surface area contributed by atoms with Gasteiger partial charge in [0.15, 0.2) is 0 Å². The Kier molecular flexibility index (Phi) is 4.01. The van der Waals surface area contributed by atoms with E-state index in [2.05, 4.69) is 46.7 Å². The van der Waals surface area contributed by atoms with Crippen molar-refractivity contribution in [2.45, 2.75) is 19.3 Å². The molecule has 4 rings (SSSR count). The van der Waals surface area contributed by atoms with E-state index in [-0.39, 0.29) is 5.91 Å². The minimum absolute atomic E-state index is 0.0611. The topological polar surface area (TPSA) is 63.9 Å². The summed E-state index contributed by atoms with van der Waals surface area (Å²) in [7, 11) is 0. The third-order valence-corrected chi connectivity index (χ3v) is 4.81. The lowest BCUT2D eigenvalue weighted by molar-refractivity contribution is 0.0790. The van der Waals surface area contributed by atoms with Gasteiger partial charge in [-0.05, 0) is 53.1 Å². The van der Waals surface area contributed by atoms with Crippen LogP contribution in [0.2, 0.25) is 0 Å². The summed E-state index contributed by atoms with van der Waals surface area (Å²) in [6.07, 6.45) is 2.52. The summed E-state index contributed by atoms with van der Waals surface area (Å²) in [6, 6.07) is 15.9. The number of benzene rings is 2. The average molecular weight is 333 g/mol. The Hall–Kier alpha value is -3.02. The molecule has 6 nitrogen and oxygen atoms in total. The normalized spacial score (nSPS) is 17.0. The monoisotopic (exact) mass is 333 g/mol. The molecule has 25 heavy (non-hydrogen) atoms. The summed E-state index contributed by atoms with van der Waals surface area (Å²) >= 11 is 0. The highest BCUT2D eigenvalue weighted by molar-refractivity contribution is 5.95. The highest BCUT2D eigenvalue weighted by Gasteiger charge is 2.28. The van der Waals surface area contributed by atoms with Gasteiger partial charge < -0.3 is 4.90 Å². The Balaban J connectivity index is 1.53. The molecule has 1 aliphatic heterocycles. The van der Waals surface area contributed by atoms with Crippen LogP contribution in [-0.4, -0.2) is 44.1 Å². The number of amides is 1. The molecule has 2 heterocycles. The first-order chi connectivity index (χ1) is 12.2. The summed E-state index contributed by atoms with van der Waals surface area (Å²) < 4.78 is 1.55. The fraction of sp³-hybridized carbons (Fsp3) is 0.263. The first kappa shape index (κ1) is 15.5. The molecule has 0 N–H and O–H groups in total. The predicted octanol–water partition coefficient (Wildman–Crippen LogP) is 2.60. The van der Waals surface area contributed by atoms with Crippen LogP contribution in [0.4, 0.5) is 0 Å². The van der Waals surface area contributed by atoms with Gasteiger partial charge in [-0.15, -0.1) is 5.10 Å². The maximum absolute atomic E-state index is 12.9. The van der Waals surface area contributed by atoms with Crippen molar-refractivity contribution in [3.05, 3.63) is 71.5 Å². The molecule has 1 fully saturated rings. The number of tetrazole rings is 1. The quantitative estimate of drug-likeness (QED) is 0.739. The maximum Gasteiger partial charge on any atom is 0.253 e. The van der Waals surface area contributed by atoms with E-state index in [1.165, 1.54) is 17.5 Å². The molecule has 0 saturated carbocycles. The average Bonchev–Trinajstić information content (AvgIpc) is 3.34. The molecule has 1 aromatic heterocycles. The lowest BCUT2D eigenvalue weighted by Crippen LogP contribution is -2.28. The minimum atomic E-state index is 0.0611. The molecule has 1 saturated heterocycles. The number of carbonyl (C=O) groups is 1. The van der Waals surface area contributed by atoms with E-state index in [4.69, 9.17) is 0 Å². The lowest BCUT2D eigenvalue weighted by Gasteiger charge is -2.18. The summed E-state index contributed by atoms with van der Waals surface area (Å²) in [5, 5.41) is 11.2. The van der Waals surface area contributed by atoms with Crippen LogP contribution < -0.4 is 0 Å². The summed E-state index contributed by atoms with van der Waals surface area (Å²) in [4.78, 5) is 14.8. The Labute approximate surface area is 146 Å². The van der Waals surface area contributed by atoms with Gasteiger partial charge in [0.1, 0.15) is 6.33 Å². The molecule has 0 bridgehead atoms. The van der Waals surface area contributed by atoms with Crippen molar-refractivity contribution < 1.29 is 4.79 Å². The minimum Gasteiger partial charge on any atom is -0.338 e. The van der Waals surface area contributed by atoms with Crippen LogP contribution in [0.5, 0.6) is 0 Å². The molecule has 0 spiro atoms. The van der Waals surface area contributed by atoms with Crippen LogP contribution in [0.3, 0.4) is 0 Å². The van der Waals surface area contributed by atoms with Gasteiger partial charge in [-0.1, -0.05) is 30.3 Å². The van der Waals surface area contributed by atoms with Crippen molar-refractivity contribution >= 4 is 5.91 Å². The third kappa shape index (κ3) is 3.03. The molecule has 1 amide bonds. The summed E-state index contributed by atoms with van der Waals surface area (Å²) in [5.41, 5.74) is 4.09. The first-order valence-electron chi connectivity index (χ1n) is 8.40. The third-order valence-electron chi connectivity index (χ3n) is 4.81. The number of hydrogen-bond donors (Lipinski definition) is 0. The largest absolute Gasteiger partial charge is 0.338 e. The van der Waals surface area contributed by atoms with Gasteiger partial charge in [0.05, 0.1) is 5.69 Å². The second-order valence-corrected chi connectivity index (χ2v) is 6.40. The van der Waals surface area contributed by atoms with E-state index in [0.29, 0.717) is 11.5 Å². The van der Waals surface area contributed by atoms with Crippen LogP contribution >= 0.6 is 0 Å². The van der Waals surface area contributed by atoms with Gasteiger partial charge >= 0.3 is 0 Å². The summed E-state index contributed by atoms with van der Waals surface area (Å²) in [6.45, 7) is 3.68. The van der Waals surface area contributed by atoms with Crippen molar-refractivity contribution in [1.82, 2.24) is 25.1 Å². The first-order valence-corrected chi connectivity index (χ1v) is 8.40. The second-order valence-electron chi connectivity index (χ2n) is 6.40. The fourth-order valence-corrected chi connectivity index (χ4v) is 3.49. The van der Waals surface area contributed by atoms with E-state index in [0.717, 1.165) is 25.2 Å². The second kappa shape index (κ2) is 6.47. The number of rotatable bonds is 3. The SMILES string of the molecule is Cc1ccccc1[C@H]1CCN(C(=O)c2cccc(-n3cnnn3)c2)C1. The number of aryl methyl sites for hydroxylation is 1. The van der Waals surface area contributed by atoms with Gasteiger partial charge in [0.2, 0.25) is 0 Å². The van der Waals surface area contributed by atoms with Crippen LogP contribution in [0.1, 0.15) is 33.8 Å². The zero-order valence-electron chi connectivity index (χ0n) is 14.0. The van der Waals surface area contributed by atoms with E-state index < -0.39 is 0 Å². The van der Waals surface area contributed by atoms with Crippen molar-refractivity contribution in [2.75, 3.05) is 13.1 Å². The molecule has 126 valence electrons. The number of nitrogens with zero attached hydrogens (tertiary/aromatic N) is 5. The van der Waals surface area contributed by atoms with Crippen molar-refractivity contribution in [3.8, 4) is 5.69 Å². The van der Waals surface area contributed by atoms with E-state index >= 15 is 0 Å². The molecular formula is C19H19N5O. The summed E-state index contributed by atoms with van der Waals surface area (Å²) in [5.74, 6) is 0.471. The van der Waals surface area contributed by atoms with Crippen LogP contribution in [-0.2, 0) is 0 Å². The standard InChI is InChI=1S/C19H19N5O/c1-14-5-2-3-8-18(14)16-9-10-23(12-16)19(25)15-6-4-7-17(11-15)24-13-20-21-22-24/h2-8,11,13,16H,9-10,12H2,1H3/t16-/m0/s1. The zero-order valence-corrected chi connectivity index (χ0v) is 14.0. The highest BCUT2D eigenvalue weighted by atomic mass is 16.2. The number of likely N-dealkylation sites (tertiary alicyclic amines) is 1. The van der Waals surface area contributed by atoms with Gasteiger partial charge in [0, 0.05) is 24.6 Å². The smallest absolute Gasteiger partial charge is 0.253 e. The Bertz CT molecular complexity index is 890. The van der Waals surface area contributed by atoms with Crippen molar-refractivity contribution in [2.24, 2.45) is 0 Å². The molecule has 0 unspecified atom stereocenters. The lowest BCUT2D eigenvalue weighted by atomic mass is 9.94. The molecular weight excluding hydrogens is 314 g/mol. The van der Waals surface area contributed by atoms with Gasteiger partial charge in [-0.3, -0.25) is 4.79 Å². The number of carbonyl (C=O) groups excluding carboxylic acids is 1. The van der Waals surface area contributed by atoms with Crippen LogP contribution in [0.25, 0.3) is 5.69 Å². The fourth-order valence-electron chi connectivity index (χ4n) is 3.49. The predicted molar refractivity (Wildman–Crippen MR) is 93.6 cm³/mol. The van der Waals surface area contributed by atoms with Crippen LogP contribution in [0.15, 0.2) is 54.9 Å². The Morgan fingerprint density at radius 2 is 2.04 bits per heavy atom. The molecule has 0 aliphatic carbocycles. The molecule has 6 heteroatoms. The van der Waals surface area contributed by atoms with E-state index in [9.17, 15) is 4.79 Å². The van der Waals surface area contributed by atoms with Crippen molar-refractivity contribution in [3.63, 3.8) is 0 Å². The molecule has 3 aromatic rings. The number of aromatic nitrogens is 4. The molecule has 2 aromatic carbocycles. The van der Waals surface area contributed by atoms with E-state index in [1.54, 1.807) is 4.68 Å². The van der Waals surface area contributed by atoms with Gasteiger partial charge in [0.25, 0.3) is 5.91 Å². The maximum atomic E-state index is 12.9. The van der Waals surface area contributed by atoms with Crippen molar-refractivity contribution in [1.29, 1.82) is 0 Å². The van der Waals surface area contributed by atoms with Gasteiger partial charge in [-0.25, -0.2) is 4.68 Å². The molecule has 1 atom stereocenters. The zero-order chi connectivity index (χ0) is 17.2. The Morgan fingerprint density at radius 3 is 2.84 bits per heavy atom. The van der Waals surface area contributed by atoms with Gasteiger partial charge in [-0.2, -0.15) is 0 Å². The Morgan fingerprint density at radius 1 is 1.16 bits per heavy atom. The molecule has 0 radical (unpaired) electrons. The molecule has 1 aliphatic rings.